The van der Waals surface area contributed by atoms with Gasteiger partial charge in [-0.25, -0.2) is 0 Å². The Labute approximate surface area is 124 Å². The van der Waals surface area contributed by atoms with Crippen molar-refractivity contribution < 1.29 is 5.11 Å². The minimum atomic E-state index is -1.46. The molecule has 0 heterocycles. The molecule has 1 atom stereocenters. The van der Waals surface area contributed by atoms with Crippen LogP contribution >= 0.6 is 15.9 Å². The van der Waals surface area contributed by atoms with Gasteiger partial charge in [-0.3, -0.25) is 0 Å². The van der Waals surface area contributed by atoms with Crippen molar-refractivity contribution in [2.24, 2.45) is 5.92 Å². The summed E-state index contributed by atoms with van der Waals surface area (Å²) in [5, 5.41) is 11.1. The molecule has 0 aromatic carbocycles. The van der Waals surface area contributed by atoms with E-state index in [0.29, 0.717) is 5.92 Å². The fourth-order valence-corrected chi connectivity index (χ4v) is 15.4. The highest BCUT2D eigenvalue weighted by Crippen LogP contribution is 2.46. The van der Waals surface area contributed by atoms with Crippen LogP contribution in [0.5, 0.6) is 0 Å². The van der Waals surface area contributed by atoms with Gasteiger partial charge in [0.2, 0.25) is 0 Å². The van der Waals surface area contributed by atoms with Crippen LogP contribution in [0.25, 0.3) is 0 Å². The number of aliphatic hydroxyl groups excluding tert-OH is 1. The first kappa shape index (κ1) is 16.9. The Kier molecular flexibility index (Phi) is 5.36. The predicted molar refractivity (Wildman–Crippen MR) is 90.9 cm³/mol. The Bertz CT molecular complexity index is 260. The van der Waals surface area contributed by atoms with E-state index in [4.69, 9.17) is 0 Å². The smallest absolute Gasteiger partial charge is 0.0671 e. The Hall–Kier alpha value is 0.874. The highest BCUT2D eigenvalue weighted by Gasteiger charge is 2.56. The van der Waals surface area contributed by atoms with Gasteiger partial charge in [-0.2, -0.15) is 0 Å². The van der Waals surface area contributed by atoms with Crippen molar-refractivity contribution in [2.75, 3.05) is 0 Å². The Morgan fingerprint density at radius 1 is 0.944 bits per heavy atom. The number of aliphatic hydroxyl groups is 1. The predicted octanol–water partition coefficient (Wildman–Crippen LogP) is 4.82. The summed E-state index contributed by atoms with van der Waals surface area (Å²) in [6, 6.07) is 0. The minimum absolute atomic E-state index is 0.0367. The van der Waals surface area contributed by atoms with Gasteiger partial charge in [0.25, 0.3) is 0 Å². The van der Waals surface area contributed by atoms with Crippen molar-refractivity contribution in [1.82, 2.24) is 0 Å². The van der Waals surface area contributed by atoms with Crippen LogP contribution in [-0.4, -0.2) is 30.9 Å². The summed E-state index contributed by atoms with van der Waals surface area (Å²) in [6.45, 7) is 14.5. The summed E-state index contributed by atoms with van der Waals surface area (Å²) in [7, 11) is -2.93. The Morgan fingerprint density at radius 2 is 1.33 bits per heavy atom. The van der Waals surface area contributed by atoms with E-state index in [9.17, 15) is 5.11 Å². The molecule has 1 aliphatic carbocycles. The molecule has 1 aliphatic rings. The largest absolute Gasteiger partial charge is 0.392 e. The molecule has 0 bridgehead atoms. The number of rotatable bonds is 4. The van der Waals surface area contributed by atoms with Crippen molar-refractivity contribution in [3.63, 3.8) is 0 Å². The molecule has 18 heavy (non-hydrogen) atoms. The normalized spacial score (nSPS) is 22.0. The molecule has 1 N–H and O–H groups in total. The summed E-state index contributed by atoms with van der Waals surface area (Å²) in [4.78, 5) is 0. The van der Waals surface area contributed by atoms with Gasteiger partial charge in [0.15, 0.2) is 0 Å². The summed E-state index contributed by atoms with van der Waals surface area (Å²) in [5.74, 6) is 0.525. The van der Waals surface area contributed by atoms with Crippen LogP contribution in [0, 0.1) is 5.92 Å². The molecule has 0 saturated heterocycles. The van der Waals surface area contributed by atoms with E-state index in [1.165, 1.54) is 32.1 Å². The van der Waals surface area contributed by atoms with Gasteiger partial charge in [-0.05, 0) is 18.8 Å². The fraction of sp³-hybridized carbons (Fsp3) is 1.00. The molecule has 0 aromatic rings. The molecule has 0 amide bonds. The second-order valence-electron chi connectivity index (χ2n) is 8.05. The van der Waals surface area contributed by atoms with Crippen LogP contribution in [-0.2, 0) is 0 Å². The Morgan fingerprint density at radius 3 is 1.67 bits per heavy atom. The van der Waals surface area contributed by atoms with Gasteiger partial charge >= 0.3 is 0 Å². The van der Waals surface area contributed by atoms with Crippen LogP contribution in [0.15, 0.2) is 0 Å². The van der Waals surface area contributed by atoms with Gasteiger partial charge in [0, 0.05) is 3.57 Å². The van der Waals surface area contributed by atoms with Crippen LogP contribution in [0.2, 0.25) is 39.3 Å². The van der Waals surface area contributed by atoms with Gasteiger partial charge < -0.3 is 5.11 Å². The molecule has 4 heteroatoms. The standard InChI is InChI=1S/C14H31BrOSi2/c1-17(2,3)14(15,18(4,5)6)13(16)12-10-8-7-9-11-12/h12-13,16H,7-11H2,1-6H3. The van der Waals surface area contributed by atoms with Crippen molar-refractivity contribution >= 4 is 32.1 Å². The zero-order valence-electron chi connectivity index (χ0n) is 13.0. The van der Waals surface area contributed by atoms with E-state index in [1.54, 1.807) is 0 Å². The van der Waals surface area contributed by atoms with Crippen molar-refractivity contribution in [3.8, 4) is 0 Å². The zero-order valence-corrected chi connectivity index (χ0v) is 16.6. The second-order valence-corrected chi connectivity index (χ2v) is 21.8. The topological polar surface area (TPSA) is 20.2 Å². The van der Waals surface area contributed by atoms with Gasteiger partial charge in [-0.1, -0.05) is 74.5 Å². The highest BCUT2D eigenvalue weighted by atomic mass is 79.9. The second kappa shape index (κ2) is 5.70. The Balaban J connectivity index is 3.03. The molecule has 0 radical (unpaired) electrons. The number of alkyl halides is 1. The molecule has 1 saturated carbocycles. The lowest BCUT2D eigenvalue weighted by molar-refractivity contribution is 0.0863. The van der Waals surface area contributed by atoms with E-state index < -0.39 is 16.1 Å². The van der Waals surface area contributed by atoms with E-state index in [1.807, 2.05) is 0 Å². The van der Waals surface area contributed by atoms with Crippen molar-refractivity contribution in [3.05, 3.63) is 0 Å². The molecular formula is C14H31BrOSi2. The molecular weight excluding hydrogens is 320 g/mol. The third-order valence-electron chi connectivity index (χ3n) is 4.69. The maximum Gasteiger partial charge on any atom is 0.0671 e. The molecule has 0 aliphatic heterocycles. The maximum absolute atomic E-state index is 11.1. The van der Waals surface area contributed by atoms with E-state index in [2.05, 4.69) is 55.2 Å². The van der Waals surface area contributed by atoms with Gasteiger partial charge in [0.05, 0.1) is 22.3 Å². The van der Waals surface area contributed by atoms with Gasteiger partial charge in [0.1, 0.15) is 0 Å². The van der Waals surface area contributed by atoms with Crippen LogP contribution in [0.3, 0.4) is 0 Å². The molecule has 1 fully saturated rings. The zero-order chi connectivity index (χ0) is 14.2. The first-order valence-electron chi connectivity index (χ1n) is 7.39. The van der Waals surface area contributed by atoms with Crippen LogP contribution in [0.1, 0.15) is 32.1 Å². The van der Waals surface area contributed by atoms with Crippen LogP contribution in [0.4, 0.5) is 0 Å². The third kappa shape index (κ3) is 3.13. The maximum atomic E-state index is 11.1. The highest BCUT2D eigenvalue weighted by molar-refractivity contribution is 9.11. The number of halogens is 1. The third-order valence-corrected chi connectivity index (χ3v) is 21.8. The van der Waals surface area contributed by atoms with Gasteiger partial charge in [-0.15, -0.1) is 0 Å². The lowest BCUT2D eigenvalue weighted by atomic mass is 9.86. The lowest BCUT2D eigenvalue weighted by Crippen LogP contribution is -2.69. The summed E-state index contributed by atoms with van der Waals surface area (Å²) in [6.07, 6.45) is 6.28. The SMILES string of the molecule is C[Si](C)(C)C(Br)(C(O)C1CCCCC1)[Si](C)(C)C. The molecule has 0 spiro atoms. The fourth-order valence-electron chi connectivity index (χ4n) is 3.79. The first-order chi connectivity index (χ1) is 8.02. The van der Waals surface area contributed by atoms with Crippen molar-refractivity contribution in [2.45, 2.75) is 81.1 Å². The molecule has 108 valence electrons. The number of hydrogen-bond donors (Lipinski definition) is 1. The summed E-state index contributed by atoms with van der Waals surface area (Å²) >= 11 is 4.10. The summed E-state index contributed by atoms with van der Waals surface area (Å²) in [5.41, 5.74) is 0. The van der Waals surface area contributed by atoms with Crippen LogP contribution < -0.4 is 0 Å². The molecule has 1 rings (SSSR count). The van der Waals surface area contributed by atoms with E-state index in [0.717, 1.165) is 0 Å². The average Bonchev–Trinajstić information content (AvgIpc) is 2.25. The number of hydrogen-bond acceptors (Lipinski definition) is 1. The first-order valence-corrected chi connectivity index (χ1v) is 15.2. The van der Waals surface area contributed by atoms with Crippen molar-refractivity contribution in [1.29, 1.82) is 0 Å². The monoisotopic (exact) mass is 350 g/mol. The molecule has 1 nitrogen and oxygen atoms in total. The minimum Gasteiger partial charge on any atom is -0.392 e. The average molecular weight is 351 g/mol. The van der Waals surface area contributed by atoms with E-state index >= 15 is 0 Å². The lowest BCUT2D eigenvalue weighted by Gasteiger charge is -2.53. The summed E-state index contributed by atoms with van der Waals surface area (Å²) < 4.78 is 0.0367. The quantitative estimate of drug-likeness (QED) is 0.569. The molecule has 1 unspecified atom stereocenters. The molecule has 0 aromatic heterocycles. The van der Waals surface area contributed by atoms with E-state index in [-0.39, 0.29) is 9.67 Å².